The average Bonchev–Trinajstić information content (AvgIpc) is 2.49. The van der Waals surface area contributed by atoms with Gasteiger partial charge in [0.25, 0.3) is 0 Å². The number of ether oxygens (including phenoxy) is 4. The van der Waals surface area contributed by atoms with E-state index in [2.05, 4.69) is 4.90 Å². The van der Waals surface area contributed by atoms with Gasteiger partial charge < -0.3 is 18.9 Å². The Morgan fingerprint density at radius 1 is 1.05 bits per heavy atom. The Kier molecular flexibility index (Phi) is 5.49. The minimum atomic E-state index is 0.628. The first kappa shape index (κ1) is 14.9. The Hall–Kier alpha value is -1.46. The Morgan fingerprint density at radius 2 is 1.75 bits per heavy atom. The highest BCUT2D eigenvalue weighted by Crippen LogP contribution is 2.34. The van der Waals surface area contributed by atoms with Gasteiger partial charge >= 0.3 is 0 Å². The third-order valence-electron chi connectivity index (χ3n) is 3.45. The maximum Gasteiger partial charge on any atom is 0.164 e. The number of benzene rings is 1. The highest BCUT2D eigenvalue weighted by molar-refractivity contribution is 5.50. The lowest BCUT2D eigenvalue weighted by atomic mass is 10.2. The molecule has 2 rings (SSSR count). The fourth-order valence-corrected chi connectivity index (χ4v) is 2.24. The molecule has 0 spiro atoms. The summed E-state index contributed by atoms with van der Waals surface area (Å²) in [6, 6.07) is 3.82. The number of hydrogen-bond acceptors (Lipinski definition) is 5. The zero-order valence-corrected chi connectivity index (χ0v) is 12.5. The SMILES string of the molecule is COc1cc(OCCN2CCOCC2)c(OC)cc1C. The summed E-state index contributed by atoms with van der Waals surface area (Å²) in [4.78, 5) is 2.33. The molecule has 1 aromatic carbocycles. The Labute approximate surface area is 120 Å². The maximum atomic E-state index is 5.84. The van der Waals surface area contributed by atoms with E-state index in [1.807, 2.05) is 19.1 Å². The van der Waals surface area contributed by atoms with Crippen molar-refractivity contribution in [2.75, 3.05) is 53.7 Å². The van der Waals surface area contributed by atoms with Gasteiger partial charge in [0.05, 0.1) is 27.4 Å². The molecule has 0 radical (unpaired) electrons. The summed E-state index contributed by atoms with van der Waals surface area (Å²) in [7, 11) is 3.31. The molecule has 0 atom stereocenters. The molecule has 0 N–H and O–H groups in total. The van der Waals surface area contributed by atoms with Gasteiger partial charge in [0, 0.05) is 25.7 Å². The Morgan fingerprint density at radius 3 is 2.40 bits per heavy atom. The summed E-state index contributed by atoms with van der Waals surface area (Å²) < 4.78 is 21.8. The molecule has 0 aromatic heterocycles. The first-order valence-electron chi connectivity index (χ1n) is 6.90. The largest absolute Gasteiger partial charge is 0.496 e. The number of nitrogens with zero attached hydrogens (tertiary/aromatic N) is 1. The highest BCUT2D eigenvalue weighted by atomic mass is 16.5. The van der Waals surface area contributed by atoms with E-state index < -0.39 is 0 Å². The Balaban J connectivity index is 1.93. The second-order valence-electron chi connectivity index (χ2n) is 4.78. The number of methoxy groups -OCH3 is 2. The second kappa shape index (κ2) is 7.36. The van der Waals surface area contributed by atoms with Gasteiger partial charge in [0.2, 0.25) is 0 Å². The predicted molar refractivity (Wildman–Crippen MR) is 77.0 cm³/mol. The normalized spacial score (nSPS) is 15.9. The van der Waals surface area contributed by atoms with Crippen LogP contribution in [-0.4, -0.2) is 58.6 Å². The molecule has 20 heavy (non-hydrogen) atoms. The number of morpholine rings is 1. The van der Waals surface area contributed by atoms with Crippen molar-refractivity contribution >= 4 is 0 Å². The van der Waals surface area contributed by atoms with Crippen LogP contribution >= 0.6 is 0 Å². The molecule has 1 aliphatic rings. The summed E-state index contributed by atoms with van der Waals surface area (Å²) in [5.74, 6) is 2.28. The van der Waals surface area contributed by atoms with E-state index in [-0.39, 0.29) is 0 Å². The van der Waals surface area contributed by atoms with Gasteiger partial charge in [-0.1, -0.05) is 0 Å². The van der Waals surface area contributed by atoms with Crippen molar-refractivity contribution in [1.29, 1.82) is 0 Å². The molecule has 0 bridgehead atoms. The average molecular weight is 281 g/mol. The van der Waals surface area contributed by atoms with Gasteiger partial charge in [-0.3, -0.25) is 4.90 Å². The molecule has 1 heterocycles. The zero-order chi connectivity index (χ0) is 14.4. The van der Waals surface area contributed by atoms with Crippen molar-refractivity contribution in [2.45, 2.75) is 6.92 Å². The van der Waals surface area contributed by atoms with Gasteiger partial charge in [-0.05, 0) is 18.6 Å². The maximum absolute atomic E-state index is 5.84. The number of hydrogen-bond donors (Lipinski definition) is 0. The quantitative estimate of drug-likeness (QED) is 0.794. The van der Waals surface area contributed by atoms with Crippen LogP contribution < -0.4 is 14.2 Å². The van der Waals surface area contributed by atoms with Crippen LogP contribution in [0.2, 0.25) is 0 Å². The van der Waals surface area contributed by atoms with Crippen molar-refractivity contribution in [3.63, 3.8) is 0 Å². The van der Waals surface area contributed by atoms with E-state index >= 15 is 0 Å². The first-order chi connectivity index (χ1) is 9.74. The van der Waals surface area contributed by atoms with Crippen LogP contribution in [0.25, 0.3) is 0 Å². The summed E-state index contributed by atoms with van der Waals surface area (Å²) >= 11 is 0. The lowest BCUT2D eigenvalue weighted by molar-refractivity contribution is 0.0321. The van der Waals surface area contributed by atoms with Gasteiger partial charge in [0.1, 0.15) is 12.4 Å². The van der Waals surface area contributed by atoms with Crippen LogP contribution in [0.1, 0.15) is 5.56 Å². The van der Waals surface area contributed by atoms with E-state index in [1.165, 1.54) is 0 Å². The molecule has 5 nitrogen and oxygen atoms in total. The van der Waals surface area contributed by atoms with Crippen LogP contribution in [-0.2, 0) is 4.74 Å². The van der Waals surface area contributed by atoms with Crippen molar-refractivity contribution in [3.8, 4) is 17.2 Å². The topological polar surface area (TPSA) is 40.2 Å². The van der Waals surface area contributed by atoms with Crippen molar-refractivity contribution in [1.82, 2.24) is 4.90 Å². The van der Waals surface area contributed by atoms with E-state index in [4.69, 9.17) is 18.9 Å². The third-order valence-corrected chi connectivity index (χ3v) is 3.45. The lowest BCUT2D eigenvalue weighted by Crippen LogP contribution is -2.38. The standard InChI is InChI=1S/C15H23NO4/c1-12-10-14(18-3)15(11-13(12)17-2)20-9-6-16-4-7-19-8-5-16/h10-11H,4-9H2,1-3H3. The van der Waals surface area contributed by atoms with Gasteiger partial charge in [0.15, 0.2) is 11.5 Å². The molecule has 1 aromatic rings. The van der Waals surface area contributed by atoms with E-state index in [9.17, 15) is 0 Å². The van der Waals surface area contributed by atoms with Crippen LogP contribution in [0.4, 0.5) is 0 Å². The van der Waals surface area contributed by atoms with E-state index in [0.29, 0.717) is 6.61 Å². The minimum Gasteiger partial charge on any atom is -0.496 e. The predicted octanol–water partition coefficient (Wildman–Crippen LogP) is 1.72. The van der Waals surface area contributed by atoms with Crippen molar-refractivity contribution < 1.29 is 18.9 Å². The molecule has 0 amide bonds. The summed E-state index contributed by atoms with van der Waals surface area (Å²) in [5.41, 5.74) is 1.03. The fraction of sp³-hybridized carbons (Fsp3) is 0.600. The first-order valence-corrected chi connectivity index (χ1v) is 6.90. The van der Waals surface area contributed by atoms with Crippen molar-refractivity contribution in [3.05, 3.63) is 17.7 Å². The smallest absolute Gasteiger partial charge is 0.164 e. The number of rotatable bonds is 6. The lowest BCUT2D eigenvalue weighted by Gasteiger charge is -2.26. The van der Waals surface area contributed by atoms with Gasteiger partial charge in [-0.25, -0.2) is 0 Å². The molecule has 0 saturated carbocycles. The van der Waals surface area contributed by atoms with Crippen LogP contribution in [0.15, 0.2) is 12.1 Å². The summed E-state index contributed by atoms with van der Waals surface area (Å²) in [6.45, 7) is 7.06. The van der Waals surface area contributed by atoms with Gasteiger partial charge in [-0.2, -0.15) is 0 Å². The highest BCUT2D eigenvalue weighted by Gasteiger charge is 2.12. The third kappa shape index (κ3) is 3.77. The molecular formula is C15H23NO4. The van der Waals surface area contributed by atoms with Gasteiger partial charge in [-0.15, -0.1) is 0 Å². The van der Waals surface area contributed by atoms with E-state index in [0.717, 1.165) is 55.7 Å². The second-order valence-corrected chi connectivity index (χ2v) is 4.78. The van der Waals surface area contributed by atoms with Crippen LogP contribution in [0.3, 0.4) is 0 Å². The number of aryl methyl sites for hydroxylation is 1. The Bertz CT molecular complexity index is 430. The summed E-state index contributed by atoms with van der Waals surface area (Å²) in [5, 5.41) is 0. The molecule has 112 valence electrons. The molecule has 0 unspecified atom stereocenters. The fourth-order valence-electron chi connectivity index (χ4n) is 2.24. The molecule has 1 fully saturated rings. The zero-order valence-electron chi connectivity index (χ0n) is 12.5. The van der Waals surface area contributed by atoms with Crippen molar-refractivity contribution in [2.24, 2.45) is 0 Å². The van der Waals surface area contributed by atoms with Crippen LogP contribution in [0.5, 0.6) is 17.2 Å². The molecule has 5 heteroatoms. The summed E-state index contributed by atoms with van der Waals surface area (Å²) in [6.07, 6.45) is 0. The van der Waals surface area contributed by atoms with Crippen LogP contribution in [0, 0.1) is 6.92 Å². The van der Waals surface area contributed by atoms with E-state index in [1.54, 1.807) is 14.2 Å². The molecule has 0 aliphatic carbocycles. The monoisotopic (exact) mass is 281 g/mol. The molecular weight excluding hydrogens is 258 g/mol. The minimum absolute atomic E-state index is 0.628. The molecule has 1 saturated heterocycles. The molecule has 1 aliphatic heterocycles.